The number of rotatable bonds is 9. The number of carbonyl (C=O) groups excluding carboxylic acids is 1. The molecule has 0 aliphatic heterocycles. The van der Waals surface area contributed by atoms with Gasteiger partial charge < -0.3 is 5.32 Å². The van der Waals surface area contributed by atoms with E-state index in [2.05, 4.69) is 43.4 Å². The molecule has 0 saturated carbocycles. The Labute approximate surface area is 130 Å². The van der Waals surface area contributed by atoms with E-state index in [9.17, 15) is 4.79 Å². The Morgan fingerprint density at radius 1 is 1.15 bits per heavy atom. The Hall–Kier alpha value is -0.450. The molecule has 0 atom stereocenters. The molecule has 20 heavy (non-hydrogen) atoms. The number of hydrogen-bond donors (Lipinski definition) is 1. The summed E-state index contributed by atoms with van der Waals surface area (Å²) in [6.07, 6.45) is 0.672. The topological polar surface area (TPSA) is 29.1 Å². The normalized spacial score (nSPS) is 11.3. The van der Waals surface area contributed by atoms with Crippen molar-refractivity contribution in [3.63, 3.8) is 0 Å². The van der Waals surface area contributed by atoms with Crippen LogP contribution in [0.15, 0.2) is 29.2 Å². The van der Waals surface area contributed by atoms with Gasteiger partial charge in [-0.1, -0.05) is 61.4 Å². The third-order valence-corrected chi connectivity index (χ3v) is 5.25. The highest BCUT2D eigenvalue weighted by Crippen LogP contribution is 2.31. The summed E-state index contributed by atoms with van der Waals surface area (Å²) in [5.74, 6) is 1.40. The van der Waals surface area contributed by atoms with Gasteiger partial charge in [0, 0.05) is 35.6 Å². The van der Waals surface area contributed by atoms with E-state index >= 15 is 0 Å². The van der Waals surface area contributed by atoms with E-state index < -0.39 is 0 Å². The van der Waals surface area contributed by atoms with Crippen LogP contribution in [-0.4, -0.2) is 17.6 Å². The number of Topliss-reactive ketones (excluding diaryl/α,β-unsaturated/α-hetero) is 1. The van der Waals surface area contributed by atoms with Crippen molar-refractivity contribution in [1.82, 2.24) is 5.32 Å². The molecule has 0 aromatic heterocycles. The standard InChI is InChI=1S/C16H25NOS2/c1-12(2)16(18)9-10-19-20-15-7-5-14(6-8-15)11-17-13(3)4/h5-8,12-13,17H,9-11H2,1-4H3. The van der Waals surface area contributed by atoms with Crippen molar-refractivity contribution >= 4 is 27.4 Å². The Balaban J connectivity index is 2.26. The summed E-state index contributed by atoms with van der Waals surface area (Å²) in [5.41, 5.74) is 1.31. The second-order valence-corrected chi connectivity index (χ2v) is 7.95. The quantitative estimate of drug-likeness (QED) is 0.535. The minimum atomic E-state index is 0.161. The summed E-state index contributed by atoms with van der Waals surface area (Å²) in [5, 5.41) is 3.41. The minimum absolute atomic E-state index is 0.161. The molecule has 1 N–H and O–H groups in total. The third kappa shape index (κ3) is 7.36. The first-order chi connectivity index (χ1) is 9.49. The van der Waals surface area contributed by atoms with E-state index in [4.69, 9.17) is 0 Å². The molecule has 112 valence electrons. The summed E-state index contributed by atoms with van der Waals surface area (Å²) >= 11 is 0. The monoisotopic (exact) mass is 311 g/mol. The number of ketones is 1. The maximum Gasteiger partial charge on any atom is 0.136 e. The summed E-state index contributed by atoms with van der Waals surface area (Å²) < 4.78 is 0. The van der Waals surface area contributed by atoms with E-state index in [1.807, 2.05) is 13.8 Å². The zero-order valence-corrected chi connectivity index (χ0v) is 14.4. The molecular formula is C16H25NOS2. The third-order valence-electron chi connectivity index (χ3n) is 2.87. The van der Waals surface area contributed by atoms with Crippen molar-refractivity contribution in [2.45, 2.75) is 51.6 Å². The molecule has 4 heteroatoms. The van der Waals surface area contributed by atoms with Crippen LogP contribution in [0, 0.1) is 5.92 Å². The van der Waals surface area contributed by atoms with Crippen molar-refractivity contribution in [1.29, 1.82) is 0 Å². The van der Waals surface area contributed by atoms with Gasteiger partial charge in [-0.25, -0.2) is 0 Å². The number of hydrogen-bond acceptors (Lipinski definition) is 4. The average Bonchev–Trinajstić information content (AvgIpc) is 2.42. The zero-order valence-electron chi connectivity index (χ0n) is 12.8. The van der Waals surface area contributed by atoms with Crippen molar-refractivity contribution < 1.29 is 4.79 Å². The lowest BCUT2D eigenvalue weighted by Crippen LogP contribution is -2.21. The maximum atomic E-state index is 11.5. The lowest BCUT2D eigenvalue weighted by molar-refractivity contribution is -0.121. The Morgan fingerprint density at radius 3 is 2.35 bits per heavy atom. The van der Waals surface area contributed by atoms with Crippen LogP contribution in [0.4, 0.5) is 0 Å². The zero-order chi connectivity index (χ0) is 15.0. The van der Waals surface area contributed by atoms with E-state index in [0.717, 1.165) is 12.3 Å². The van der Waals surface area contributed by atoms with Gasteiger partial charge in [0.15, 0.2) is 0 Å². The van der Waals surface area contributed by atoms with Crippen molar-refractivity contribution in [3.05, 3.63) is 29.8 Å². The lowest BCUT2D eigenvalue weighted by Gasteiger charge is -2.08. The SMILES string of the molecule is CC(C)NCc1ccc(SSCCC(=O)C(C)C)cc1. The number of nitrogens with one attached hydrogen (secondary N) is 1. The van der Waals surface area contributed by atoms with Gasteiger partial charge in [0.25, 0.3) is 0 Å². The molecule has 0 fully saturated rings. The van der Waals surface area contributed by atoms with Crippen LogP contribution >= 0.6 is 21.6 Å². The molecule has 0 saturated heterocycles. The maximum absolute atomic E-state index is 11.5. The van der Waals surface area contributed by atoms with Crippen LogP contribution in [0.2, 0.25) is 0 Å². The fourth-order valence-corrected chi connectivity index (χ4v) is 3.52. The second kappa shape index (κ2) is 9.48. The molecule has 0 aliphatic rings. The molecular weight excluding hydrogens is 286 g/mol. The number of benzene rings is 1. The van der Waals surface area contributed by atoms with E-state index in [-0.39, 0.29) is 5.92 Å². The lowest BCUT2D eigenvalue weighted by atomic mass is 10.1. The summed E-state index contributed by atoms with van der Waals surface area (Å²) in [6.45, 7) is 9.14. The van der Waals surface area contributed by atoms with Gasteiger partial charge in [0.05, 0.1) is 0 Å². The predicted octanol–water partition coefficient (Wildman–Crippen LogP) is 4.54. The van der Waals surface area contributed by atoms with Crippen LogP contribution in [-0.2, 0) is 11.3 Å². The molecule has 2 nitrogen and oxygen atoms in total. The highest BCUT2D eigenvalue weighted by molar-refractivity contribution is 8.76. The molecule has 0 aliphatic carbocycles. The molecule has 0 heterocycles. The molecule has 1 aromatic carbocycles. The van der Waals surface area contributed by atoms with Crippen molar-refractivity contribution in [2.75, 3.05) is 5.75 Å². The average molecular weight is 312 g/mol. The first-order valence-corrected chi connectivity index (χ1v) is 9.45. The largest absolute Gasteiger partial charge is 0.310 e. The van der Waals surface area contributed by atoms with E-state index in [0.29, 0.717) is 18.2 Å². The highest BCUT2D eigenvalue weighted by Gasteiger charge is 2.06. The van der Waals surface area contributed by atoms with Gasteiger partial charge in [-0.2, -0.15) is 0 Å². The van der Waals surface area contributed by atoms with Gasteiger partial charge in [-0.05, 0) is 17.7 Å². The fraction of sp³-hybridized carbons (Fsp3) is 0.562. The smallest absolute Gasteiger partial charge is 0.136 e. The van der Waals surface area contributed by atoms with Gasteiger partial charge >= 0.3 is 0 Å². The molecule has 0 unspecified atom stereocenters. The summed E-state index contributed by atoms with van der Waals surface area (Å²) in [4.78, 5) is 12.7. The van der Waals surface area contributed by atoms with Crippen LogP contribution < -0.4 is 5.32 Å². The van der Waals surface area contributed by atoms with Crippen LogP contribution in [0.5, 0.6) is 0 Å². The van der Waals surface area contributed by atoms with Crippen molar-refractivity contribution in [2.24, 2.45) is 5.92 Å². The van der Waals surface area contributed by atoms with Crippen LogP contribution in [0.3, 0.4) is 0 Å². The molecule has 0 amide bonds. The van der Waals surface area contributed by atoms with Crippen LogP contribution in [0.1, 0.15) is 39.7 Å². The molecule has 1 rings (SSSR count). The first-order valence-electron chi connectivity index (χ1n) is 7.13. The molecule has 0 radical (unpaired) electrons. The Bertz CT molecular complexity index is 401. The Morgan fingerprint density at radius 2 is 1.80 bits per heavy atom. The highest BCUT2D eigenvalue weighted by atomic mass is 33.1. The van der Waals surface area contributed by atoms with Crippen molar-refractivity contribution in [3.8, 4) is 0 Å². The molecule has 0 spiro atoms. The number of carbonyl (C=O) groups is 1. The summed E-state index contributed by atoms with van der Waals surface area (Å²) in [7, 11) is 3.51. The molecule has 1 aromatic rings. The van der Waals surface area contributed by atoms with Gasteiger partial charge in [-0.3, -0.25) is 4.79 Å². The van der Waals surface area contributed by atoms with E-state index in [1.165, 1.54) is 10.5 Å². The van der Waals surface area contributed by atoms with Gasteiger partial charge in [-0.15, -0.1) is 0 Å². The van der Waals surface area contributed by atoms with Gasteiger partial charge in [0.1, 0.15) is 5.78 Å². The fourth-order valence-electron chi connectivity index (χ4n) is 1.53. The minimum Gasteiger partial charge on any atom is -0.310 e. The second-order valence-electron chi connectivity index (χ2n) is 5.46. The Kier molecular flexibility index (Phi) is 8.34. The molecule has 0 bridgehead atoms. The van der Waals surface area contributed by atoms with Crippen LogP contribution in [0.25, 0.3) is 0 Å². The predicted molar refractivity (Wildman–Crippen MR) is 91.2 cm³/mol. The first kappa shape index (κ1) is 17.6. The van der Waals surface area contributed by atoms with Gasteiger partial charge in [0.2, 0.25) is 0 Å². The van der Waals surface area contributed by atoms with E-state index in [1.54, 1.807) is 21.6 Å². The summed E-state index contributed by atoms with van der Waals surface area (Å²) in [6, 6.07) is 9.14.